The zero-order valence-corrected chi connectivity index (χ0v) is 15.3. The second-order valence-electron chi connectivity index (χ2n) is 5.28. The molecule has 2 aromatic rings. The monoisotopic (exact) mass is 380 g/mol. The van der Waals surface area contributed by atoms with E-state index in [0.717, 1.165) is 16.1 Å². The number of carbonyl (C=O) groups is 1. The molecule has 1 heterocycles. The maximum absolute atomic E-state index is 12.0. The molecule has 0 atom stereocenters. The number of amides is 1. The summed E-state index contributed by atoms with van der Waals surface area (Å²) in [5, 5.41) is 4.21. The first-order valence-corrected chi connectivity index (χ1v) is 9.46. The van der Waals surface area contributed by atoms with Crippen molar-refractivity contribution in [1.29, 1.82) is 0 Å². The molecule has 2 rings (SSSR count). The van der Waals surface area contributed by atoms with Crippen LogP contribution in [0.2, 0.25) is 5.02 Å². The number of benzene rings is 1. The van der Waals surface area contributed by atoms with E-state index in [4.69, 9.17) is 11.6 Å². The number of sulfonamides is 1. The van der Waals surface area contributed by atoms with Crippen molar-refractivity contribution < 1.29 is 13.2 Å². The molecule has 0 spiro atoms. The summed E-state index contributed by atoms with van der Waals surface area (Å²) in [5.74, 6) is -0.581. The van der Waals surface area contributed by atoms with Gasteiger partial charge in [0.25, 0.3) is 5.91 Å². The Hall–Kier alpha value is -2.45. The van der Waals surface area contributed by atoms with Crippen LogP contribution in [0.25, 0.3) is 0 Å². The normalized spacial score (nSPS) is 11.5. The molecular formula is C16H17ClN4O3S. The number of hydrogen-bond donors (Lipinski definition) is 1. The van der Waals surface area contributed by atoms with E-state index < -0.39 is 22.5 Å². The maximum atomic E-state index is 12.0. The van der Waals surface area contributed by atoms with Crippen LogP contribution in [-0.2, 0) is 14.8 Å². The van der Waals surface area contributed by atoms with Crippen molar-refractivity contribution in [1.82, 2.24) is 10.4 Å². The van der Waals surface area contributed by atoms with Crippen molar-refractivity contribution in [2.45, 2.75) is 6.92 Å². The van der Waals surface area contributed by atoms with Gasteiger partial charge in [0, 0.05) is 23.0 Å². The van der Waals surface area contributed by atoms with Gasteiger partial charge in [-0.25, -0.2) is 13.8 Å². The van der Waals surface area contributed by atoms with Gasteiger partial charge in [0.1, 0.15) is 6.54 Å². The van der Waals surface area contributed by atoms with Crippen molar-refractivity contribution in [3.63, 3.8) is 0 Å². The molecule has 132 valence electrons. The van der Waals surface area contributed by atoms with E-state index >= 15 is 0 Å². The van der Waals surface area contributed by atoms with Gasteiger partial charge in [-0.15, -0.1) is 0 Å². The zero-order chi connectivity index (χ0) is 18.4. The van der Waals surface area contributed by atoms with Gasteiger partial charge in [-0.2, -0.15) is 5.10 Å². The van der Waals surface area contributed by atoms with Crippen molar-refractivity contribution in [2.24, 2.45) is 5.10 Å². The van der Waals surface area contributed by atoms with Crippen molar-refractivity contribution in [3.05, 3.63) is 58.9 Å². The molecule has 1 aromatic heterocycles. The third-order valence-electron chi connectivity index (χ3n) is 3.22. The minimum absolute atomic E-state index is 0.310. The molecule has 9 heteroatoms. The molecule has 0 saturated carbocycles. The van der Waals surface area contributed by atoms with Crippen LogP contribution >= 0.6 is 11.6 Å². The number of aryl methyl sites for hydroxylation is 1. The summed E-state index contributed by atoms with van der Waals surface area (Å²) in [6.45, 7) is 1.39. The highest BCUT2D eigenvalue weighted by atomic mass is 35.5. The summed E-state index contributed by atoms with van der Waals surface area (Å²) in [4.78, 5) is 16.0. The summed E-state index contributed by atoms with van der Waals surface area (Å²) in [6.07, 6.45) is 5.63. The van der Waals surface area contributed by atoms with Gasteiger partial charge in [-0.3, -0.25) is 14.1 Å². The van der Waals surface area contributed by atoms with Gasteiger partial charge in [-0.05, 0) is 30.7 Å². The Bertz CT molecular complexity index is 886. The second kappa shape index (κ2) is 8.09. The zero-order valence-electron chi connectivity index (χ0n) is 13.7. The molecule has 1 amide bonds. The molecule has 25 heavy (non-hydrogen) atoms. The lowest BCUT2D eigenvalue weighted by Gasteiger charge is -2.21. The van der Waals surface area contributed by atoms with Crippen LogP contribution in [0.15, 0.2) is 47.8 Å². The Labute approximate surface area is 151 Å². The number of nitrogens with zero attached hydrogens (tertiary/aromatic N) is 3. The Morgan fingerprint density at radius 2 is 2.16 bits per heavy atom. The molecule has 7 nitrogen and oxygen atoms in total. The number of hydrogen-bond acceptors (Lipinski definition) is 5. The average Bonchev–Trinajstić information content (AvgIpc) is 2.55. The van der Waals surface area contributed by atoms with Crippen LogP contribution in [0.3, 0.4) is 0 Å². The highest BCUT2D eigenvalue weighted by Crippen LogP contribution is 2.24. The van der Waals surface area contributed by atoms with Gasteiger partial charge in [0.2, 0.25) is 10.0 Å². The van der Waals surface area contributed by atoms with Crippen molar-refractivity contribution >= 4 is 39.4 Å². The van der Waals surface area contributed by atoms with E-state index in [1.165, 1.54) is 12.3 Å². The first-order valence-electron chi connectivity index (χ1n) is 7.23. The molecule has 1 N–H and O–H groups in total. The molecule has 0 fully saturated rings. The molecule has 0 saturated heterocycles. The van der Waals surface area contributed by atoms with Gasteiger partial charge in [-0.1, -0.05) is 23.7 Å². The van der Waals surface area contributed by atoms with E-state index in [1.807, 2.05) is 0 Å². The first-order chi connectivity index (χ1) is 11.8. The van der Waals surface area contributed by atoms with Crippen molar-refractivity contribution in [2.75, 3.05) is 17.1 Å². The summed E-state index contributed by atoms with van der Waals surface area (Å²) in [7, 11) is -3.67. The largest absolute Gasteiger partial charge is 0.271 e. The molecule has 0 aliphatic rings. The van der Waals surface area contributed by atoms with E-state index in [9.17, 15) is 13.2 Å². The number of nitrogens with one attached hydrogen (secondary N) is 1. The standard InChI is InChI=1S/C16H17ClN4O3S/c1-12-5-6-14(8-15(12)17)21(25(2,23)24)11-16(22)20-19-10-13-4-3-7-18-9-13/h3-10H,11H2,1-2H3,(H,20,22)/b19-10-. The molecule has 0 radical (unpaired) electrons. The summed E-state index contributed by atoms with van der Waals surface area (Å²) < 4.78 is 25.0. The summed E-state index contributed by atoms with van der Waals surface area (Å²) in [5.41, 5.74) is 4.11. The third kappa shape index (κ3) is 5.54. The number of hydrazone groups is 1. The quantitative estimate of drug-likeness (QED) is 0.612. The summed E-state index contributed by atoms with van der Waals surface area (Å²) in [6, 6.07) is 8.28. The second-order valence-corrected chi connectivity index (χ2v) is 7.60. The molecule has 0 bridgehead atoms. The number of carbonyl (C=O) groups excluding carboxylic acids is 1. The van der Waals surface area contributed by atoms with Crippen LogP contribution in [-0.4, -0.2) is 38.3 Å². The third-order valence-corrected chi connectivity index (χ3v) is 4.77. The van der Waals surface area contributed by atoms with Gasteiger partial charge >= 0.3 is 0 Å². The lowest BCUT2D eigenvalue weighted by Crippen LogP contribution is -2.39. The fraction of sp³-hybridized carbons (Fsp3) is 0.188. The van der Waals surface area contributed by atoms with Crippen LogP contribution in [0.4, 0.5) is 5.69 Å². The lowest BCUT2D eigenvalue weighted by atomic mass is 10.2. The lowest BCUT2D eigenvalue weighted by molar-refractivity contribution is -0.119. The smallest absolute Gasteiger partial charge is 0.260 e. The molecule has 0 aliphatic heterocycles. The van der Waals surface area contributed by atoms with Gasteiger partial charge in [0.05, 0.1) is 18.2 Å². The predicted octanol–water partition coefficient (Wildman–Crippen LogP) is 1.96. The van der Waals surface area contributed by atoms with Gasteiger partial charge in [0.15, 0.2) is 0 Å². The minimum Gasteiger partial charge on any atom is -0.271 e. The topological polar surface area (TPSA) is 91.7 Å². The highest BCUT2D eigenvalue weighted by molar-refractivity contribution is 7.92. The average molecular weight is 381 g/mol. The molecule has 0 aliphatic carbocycles. The maximum Gasteiger partial charge on any atom is 0.260 e. The van der Waals surface area contributed by atoms with E-state index in [-0.39, 0.29) is 0 Å². The first kappa shape index (κ1) is 18.9. The van der Waals surface area contributed by atoms with Crippen LogP contribution in [0, 0.1) is 6.92 Å². The number of pyridine rings is 1. The van der Waals surface area contributed by atoms with Crippen LogP contribution in [0.5, 0.6) is 0 Å². The van der Waals surface area contributed by atoms with Crippen LogP contribution < -0.4 is 9.73 Å². The van der Waals surface area contributed by atoms with Crippen LogP contribution in [0.1, 0.15) is 11.1 Å². The Morgan fingerprint density at radius 3 is 2.76 bits per heavy atom. The van der Waals surface area contributed by atoms with E-state index in [0.29, 0.717) is 16.3 Å². The van der Waals surface area contributed by atoms with Crippen molar-refractivity contribution in [3.8, 4) is 0 Å². The Morgan fingerprint density at radius 1 is 1.40 bits per heavy atom. The predicted molar refractivity (Wildman–Crippen MR) is 98.4 cm³/mol. The number of rotatable bonds is 6. The SMILES string of the molecule is Cc1ccc(N(CC(=O)N/N=C\c2cccnc2)S(C)(=O)=O)cc1Cl. The molecule has 0 unspecified atom stereocenters. The van der Waals surface area contributed by atoms with Gasteiger partial charge < -0.3 is 0 Å². The fourth-order valence-electron chi connectivity index (χ4n) is 1.93. The number of anilines is 1. The van der Waals surface area contributed by atoms with E-state index in [2.05, 4.69) is 15.5 Å². The Kier molecular flexibility index (Phi) is 6.11. The minimum atomic E-state index is -3.67. The highest BCUT2D eigenvalue weighted by Gasteiger charge is 2.21. The fourth-order valence-corrected chi connectivity index (χ4v) is 2.96. The summed E-state index contributed by atoms with van der Waals surface area (Å²) >= 11 is 6.04. The Balaban J connectivity index is 2.10. The molecular weight excluding hydrogens is 364 g/mol. The molecule has 1 aromatic carbocycles. The van der Waals surface area contributed by atoms with E-state index in [1.54, 1.807) is 43.6 Å². The number of halogens is 1. The number of aromatic nitrogens is 1.